The van der Waals surface area contributed by atoms with Crippen LogP contribution in [-0.4, -0.2) is 36.4 Å². The van der Waals surface area contributed by atoms with E-state index in [-0.39, 0.29) is 18.1 Å². The third-order valence-corrected chi connectivity index (χ3v) is 4.86. The van der Waals surface area contributed by atoms with Gasteiger partial charge in [-0.15, -0.1) is 0 Å². The van der Waals surface area contributed by atoms with Gasteiger partial charge in [-0.1, -0.05) is 29.3 Å². The first-order valence-electron chi connectivity index (χ1n) is 8.21. The summed E-state index contributed by atoms with van der Waals surface area (Å²) in [4.78, 5) is 23.4. The fourth-order valence-electron chi connectivity index (χ4n) is 2.72. The molecular weight excluding hydrogens is 407 g/mol. The van der Waals surface area contributed by atoms with Gasteiger partial charge in [0.25, 0.3) is 5.56 Å². The van der Waals surface area contributed by atoms with Gasteiger partial charge in [0, 0.05) is 6.54 Å². The Morgan fingerprint density at radius 3 is 2.89 bits per heavy atom. The summed E-state index contributed by atoms with van der Waals surface area (Å²) in [5.41, 5.74) is 1.49. The standard InChI is InChI=1S/C17H14Cl2N6O3/c18-10-2-1-9(3-11(10)19)4-20-17-22-12-5-25(24-15(12)16(27)23-17)14(6-26)13-7-28-8-21-13/h1-3,5,7-8,14,26H,4,6H2,(H2,20,22,23,27)/t14-/m1/s1. The number of fused-ring (bicyclic) bond motifs is 1. The molecule has 11 heteroatoms. The van der Waals surface area contributed by atoms with E-state index in [0.717, 1.165) is 5.56 Å². The zero-order valence-electron chi connectivity index (χ0n) is 14.3. The van der Waals surface area contributed by atoms with Gasteiger partial charge in [-0.2, -0.15) is 5.10 Å². The number of nitrogens with one attached hydrogen (secondary N) is 2. The molecule has 4 rings (SSSR count). The average Bonchev–Trinajstić information content (AvgIpc) is 3.34. The molecule has 0 bridgehead atoms. The third kappa shape index (κ3) is 3.59. The van der Waals surface area contributed by atoms with Crippen LogP contribution in [0.25, 0.3) is 11.0 Å². The maximum atomic E-state index is 12.4. The molecule has 0 aliphatic rings. The summed E-state index contributed by atoms with van der Waals surface area (Å²) in [7, 11) is 0. The van der Waals surface area contributed by atoms with Crippen molar-refractivity contribution in [3.05, 3.63) is 68.7 Å². The lowest BCUT2D eigenvalue weighted by atomic mass is 10.2. The van der Waals surface area contributed by atoms with Gasteiger partial charge in [-0.3, -0.25) is 14.5 Å². The number of oxazole rings is 1. The van der Waals surface area contributed by atoms with E-state index >= 15 is 0 Å². The van der Waals surface area contributed by atoms with E-state index in [9.17, 15) is 9.90 Å². The quantitative estimate of drug-likeness (QED) is 0.438. The van der Waals surface area contributed by atoms with Crippen LogP contribution >= 0.6 is 23.2 Å². The molecule has 0 spiro atoms. The molecule has 3 heterocycles. The summed E-state index contributed by atoms with van der Waals surface area (Å²) < 4.78 is 6.39. The number of anilines is 1. The normalized spacial score (nSPS) is 12.4. The van der Waals surface area contributed by atoms with Crippen molar-refractivity contribution in [1.29, 1.82) is 0 Å². The van der Waals surface area contributed by atoms with Crippen molar-refractivity contribution < 1.29 is 9.52 Å². The lowest BCUT2D eigenvalue weighted by molar-refractivity contribution is 0.238. The van der Waals surface area contributed by atoms with Crippen LogP contribution in [0.5, 0.6) is 0 Å². The molecule has 144 valence electrons. The Morgan fingerprint density at radius 2 is 2.18 bits per heavy atom. The van der Waals surface area contributed by atoms with Gasteiger partial charge in [-0.25, -0.2) is 9.97 Å². The lowest BCUT2D eigenvalue weighted by Gasteiger charge is -2.10. The molecule has 0 saturated heterocycles. The fraction of sp³-hybridized carbons (Fsp3) is 0.176. The number of aromatic amines is 1. The highest BCUT2D eigenvalue weighted by Gasteiger charge is 2.19. The Bertz CT molecular complexity index is 1170. The van der Waals surface area contributed by atoms with Gasteiger partial charge in [0.05, 0.1) is 22.8 Å². The number of aromatic nitrogens is 5. The summed E-state index contributed by atoms with van der Waals surface area (Å²) in [6.45, 7) is 0.124. The molecule has 0 aliphatic carbocycles. The highest BCUT2D eigenvalue weighted by atomic mass is 35.5. The van der Waals surface area contributed by atoms with Crippen LogP contribution in [0.4, 0.5) is 5.95 Å². The first-order valence-corrected chi connectivity index (χ1v) is 8.96. The van der Waals surface area contributed by atoms with Crippen molar-refractivity contribution in [3.63, 3.8) is 0 Å². The zero-order valence-corrected chi connectivity index (χ0v) is 15.8. The van der Waals surface area contributed by atoms with E-state index < -0.39 is 11.6 Å². The molecule has 0 amide bonds. The second kappa shape index (κ2) is 7.63. The highest BCUT2D eigenvalue weighted by Crippen LogP contribution is 2.23. The predicted octanol–water partition coefficient (Wildman–Crippen LogP) is 2.61. The van der Waals surface area contributed by atoms with E-state index in [1.807, 2.05) is 6.07 Å². The fourth-order valence-corrected chi connectivity index (χ4v) is 3.04. The second-order valence-corrected chi connectivity index (χ2v) is 6.79. The van der Waals surface area contributed by atoms with Gasteiger partial charge < -0.3 is 14.8 Å². The monoisotopic (exact) mass is 420 g/mol. The third-order valence-electron chi connectivity index (χ3n) is 4.12. The summed E-state index contributed by atoms with van der Waals surface area (Å²) in [5.74, 6) is 0.283. The largest absolute Gasteiger partial charge is 0.451 e. The van der Waals surface area contributed by atoms with E-state index in [4.69, 9.17) is 27.6 Å². The van der Waals surface area contributed by atoms with Crippen molar-refractivity contribution in [1.82, 2.24) is 24.7 Å². The topological polar surface area (TPSA) is 122 Å². The van der Waals surface area contributed by atoms with Crippen LogP contribution < -0.4 is 10.9 Å². The van der Waals surface area contributed by atoms with Crippen molar-refractivity contribution in [2.24, 2.45) is 0 Å². The van der Waals surface area contributed by atoms with Crippen molar-refractivity contribution in [2.45, 2.75) is 12.6 Å². The first-order chi connectivity index (χ1) is 13.5. The minimum atomic E-state index is -0.583. The number of halogens is 2. The van der Waals surface area contributed by atoms with E-state index in [2.05, 4.69) is 25.4 Å². The highest BCUT2D eigenvalue weighted by molar-refractivity contribution is 6.42. The summed E-state index contributed by atoms with van der Waals surface area (Å²) in [5, 5.41) is 17.9. The Kier molecular flexibility index (Phi) is 5.03. The Hall–Kier alpha value is -2.88. The zero-order chi connectivity index (χ0) is 19.7. The lowest BCUT2D eigenvalue weighted by Crippen LogP contribution is -2.16. The van der Waals surface area contributed by atoms with Crippen molar-refractivity contribution in [3.8, 4) is 0 Å². The number of nitrogens with zero attached hydrogens (tertiary/aromatic N) is 4. The maximum absolute atomic E-state index is 12.4. The van der Waals surface area contributed by atoms with Crippen LogP contribution in [0.2, 0.25) is 10.0 Å². The molecule has 0 radical (unpaired) electrons. The van der Waals surface area contributed by atoms with Gasteiger partial charge in [0.15, 0.2) is 11.9 Å². The molecular formula is C17H14Cl2N6O3. The molecule has 3 aromatic heterocycles. The summed E-state index contributed by atoms with van der Waals surface area (Å²) in [6, 6.07) is 4.66. The van der Waals surface area contributed by atoms with Gasteiger partial charge >= 0.3 is 0 Å². The molecule has 0 fully saturated rings. The van der Waals surface area contributed by atoms with Gasteiger partial charge in [0.1, 0.15) is 23.5 Å². The summed E-state index contributed by atoms with van der Waals surface area (Å²) >= 11 is 11.9. The molecule has 28 heavy (non-hydrogen) atoms. The van der Waals surface area contributed by atoms with E-state index in [0.29, 0.717) is 27.8 Å². The van der Waals surface area contributed by atoms with Crippen molar-refractivity contribution >= 4 is 40.2 Å². The minimum Gasteiger partial charge on any atom is -0.451 e. The van der Waals surface area contributed by atoms with Crippen LogP contribution in [0.1, 0.15) is 17.3 Å². The second-order valence-electron chi connectivity index (χ2n) is 5.97. The molecule has 0 unspecified atom stereocenters. The predicted molar refractivity (Wildman–Crippen MR) is 104 cm³/mol. The van der Waals surface area contributed by atoms with Crippen LogP contribution in [0, 0.1) is 0 Å². The van der Waals surface area contributed by atoms with Crippen LogP contribution in [0.15, 0.2) is 46.3 Å². The SMILES string of the molecule is O=c1[nH]c(NCc2ccc(Cl)c(Cl)c2)nc2cn([C@H](CO)c3cocn3)nc12. The number of benzene rings is 1. The molecule has 3 N–H and O–H groups in total. The first kappa shape index (κ1) is 18.5. The Morgan fingerprint density at radius 1 is 1.32 bits per heavy atom. The number of hydrogen-bond acceptors (Lipinski definition) is 7. The molecule has 1 aromatic carbocycles. The molecule has 0 aliphatic heterocycles. The van der Waals surface area contributed by atoms with Gasteiger partial charge in [0.2, 0.25) is 5.95 Å². The summed E-state index contributed by atoms with van der Waals surface area (Å²) in [6.07, 6.45) is 4.25. The smallest absolute Gasteiger partial charge is 0.280 e. The molecule has 9 nitrogen and oxygen atoms in total. The van der Waals surface area contributed by atoms with Crippen molar-refractivity contribution in [2.75, 3.05) is 11.9 Å². The number of hydrogen-bond donors (Lipinski definition) is 3. The number of aliphatic hydroxyl groups excluding tert-OH is 1. The molecule has 1 atom stereocenters. The van der Waals surface area contributed by atoms with E-state index in [1.165, 1.54) is 17.3 Å². The van der Waals surface area contributed by atoms with Crippen LogP contribution in [-0.2, 0) is 6.54 Å². The number of H-pyrrole nitrogens is 1. The number of rotatable bonds is 6. The Labute approximate surface area is 167 Å². The minimum absolute atomic E-state index is 0.155. The average molecular weight is 421 g/mol. The van der Waals surface area contributed by atoms with Gasteiger partial charge in [-0.05, 0) is 17.7 Å². The maximum Gasteiger partial charge on any atom is 0.280 e. The van der Waals surface area contributed by atoms with E-state index in [1.54, 1.807) is 18.3 Å². The number of aliphatic hydroxyl groups is 1. The molecule has 0 saturated carbocycles. The van der Waals surface area contributed by atoms with Crippen LogP contribution in [0.3, 0.4) is 0 Å². The Balaban J connectivity index is 1.61. The molecule has 4 aromatic rings.